The molecule has 0 unspecified atom stereocenters. The summed E-state index contributed by atoms with van der Waals surface area (Å²) in [5, 5.41) is 10.0. The molecule has 1 N–H and O–H groups in total. The highest BCUT2D eigenvalue weighted by atomic mass is 35.5. The second-order valence-electron chi connectivity index (χ2n) is 7.96. The van der Waals surface area contributed by atoms with E-state index in [9.17, 15) is 27.9 Å². The van der Waals surface area contributed by atoms with Gasteiger partial charge >= 0.3 is 5.97 Å². The molecule has 0 bridgehead atoms. The van der Waals surface area contributed by atoms with Gasteiger partial charge in [-0.05, 0) is 60.9 Å². The van der Waals surface area contributed by atoms with E-state index in [4.69, 9.17) is 11.6 Å². The lowest BCUT2D eigenvalue weighted by Gasteiger charge is -2.19. The standard InChI is InChI=1S/C25H20ClNO6S/c1-15(28)17-2-3-18(22(13-17)25(30)31)14-24(29)16-4-7-21(8-5-16)34(32,33)27-11-10-19-12-20(26)6-9-23(19)27/h2-9,12-13H,10-11,14H2,1H3,(H,30,31). The second kappa shape index (κ2) is 9.04. The van der Waals surface area contributed by atoms with Gasteiger partial charge in [0.15, 0.2) is 11.6 Å². The maximum atomic E-state index is 13.2. The van der Waals surface area contributed by atoms with Crippen molar-refractivity contribution in [1.29, 1.82) is 0 Å². The molecule has 0 spiro atoms. The number of hydrogen-bond donors (Lipinski definition) is 1. The van der Waals surface area contributed by atoms with Crippen molar-refractivity contribution < 1.29 is 27.9 Å². The zero-order valence-corrected chi connectivity index (χ0v) is 19.7. The Morgan fingerprint density at radius 2 is 1.65 bits per heavy atom. The van der Waals surface area contributed by atoms with Crippen LogP contribution in [0.3, 0.4) is 0 Å². The van der Waals surface area contributed by atoms with Gasteiger partial charge in [0.25, 0.3) is 10.0 Å². The summed E-state index contributed by atoms with van der Waals surface area (Å²) >= 11 is 6.01. The quantitative estimate of drug-likeness (QED) is 0.484. The lowest BCUT2D eigenvalue weighted by molar-refractivity contribution is 0.0696. The lowest BCUT2D eigenvalue weighted by Crippen LogP contribution is -2.29. The van der Waals surface area contributed by atoms with Gasteiger partial charge in [-0.3, -0.25) is 13.9 Å². The molecule has 0 aliphatic carbocycles. The van der Waals surface area contributed by atoms with Crippen LogP contribution in [0.15, 0.2) is 65.6 Å². The fourth-order valence-electron chi connectivity index (χ4n) is 3.95. The van der Waals surface area contributed by atoms with Crippen molar-refractivity contribution in [3.05, 3.63) is 93.5 Å². The maximum Gasteiger partial charge on any atom is 0.335 e. The molecular formula is C25H20ClNO6S. The van der Waals surface area contributed by atoms with Crippen LogP contribution in [-0.4, -0.2) is 37.6 Å². The van der Waals surface area contributed by atoms with Crippen molar-refractivity contribution in [3.8, 4) is 0 Å². The third kappa shape index (κ3) is 4.47. The summed E-state index contributed by atoms with van der Waals surface area (Å²) in [6, 6.07) is 14.8. The van der Waals surface area contributed by atoms with Crippen molar-refractivity contribution in [3.63, 3.8) is 0 Å². The van der Waals surface area contributed by atoms with Crippen molar-refractivity contribution in [2.24, 2.45) is 0 Å². The van der Waals surface area contributed by atoms with Crippen LogP contribution in [0.5, 0.6) is 0 Å². The summed E-state index contributed by atoms with van der Waals surface area (Å²) in [5.41, 5.74) is 2.08. The number of hydrogen-bond acceptors (Lipinski definition) is 5. The van der Waals surface area contributed by atoms with Gasteiger partial charge in [-0.25, -0.2) is 13.2 Å². The molecule has 34 heavy (non-hydrogen) atoms. The molecule has 174 valence electrons. The molecule has 3 aromatic rings. The fourth-order valence-corrected chi connectivity index (χ4v) is 5.65. The number of nitrogens with zero attached hydrogens (tertiary/aromatic N) is 1. The van der Waals surface area contributed by atoms with Crippen LogP contribution in [0.1, 0.15) is 49.1 Å². The van der Waals surface area contributed by atoms with Crippen molar-refractivity contribution in [1.82, 2.24) is 0 Å². The van der Waals surface area contributed by atoms with Crippen LogP contribution in [0, 0.1) is 0 Å². The molecule has 0 radical (unpaired) electrons. The first-order valence-electron chi connectivity index (χ1n) is 10.4. The minimum Gasteiger partial charge on any atom is -0.478 e. The molecule has 1 aliphatic rings. The van der Waals surface area contributed by atoms with Gasteiger partial charge in [0, 0.05) is 29.1 Å². The number of halogens is 1. The Bertz CT molecular complexity index is 1430. The summed E-state index contributed by atoms with van der Waals surface area (Å²) in [4.78, 5) is 36.0. The number of benzene rings is 3. The number of aromatic carboxylic acids is 1. The minimum absolute atomic E-state index is 0.0453. The third-order valence-corrected chi connectivity index (χ3v) is 7.82. The number of sulfonamides is 1. The van der Waals surface area contributed by atoms with E-state index in [0.29, 0.717) is 23.7 Å². The predicted molar refractivity (Wildman–Crippen MR) is 128 cm³/mol. The lowest BCUT2D eigenvalue weighted by atomic mass is 9.96. The number of ketones is 2. The summed E-state index contributed by atoms with van der Waals surface area (Å²) < 4.78 is 27.7. The zero-order chi connectivity index (χ0) is 24.6. The van der Waals surface area contributed by atoms with Crippen molar-refractivity contribution >= 4 is 44.8 Å². The SMILES string of the molecule is CC(=O)c1ccc(CC(=O)c2ccc(S(=O)(=O)N3CCc4cc(Cl)ccc43)cc2)c(C(=O)O)c1. The minimum atomic E-state index is -3.83. The van der Waals surface area contributed by atoms with E-state index in [1.165, 1.54) is 53.7 Å². The Morgan fingerprint density at radius 3 is 2.29 bits per heavy atom. The van der Waals surface area contributed by atoms with Crippen LogP contribution in [0.2, 0.25) is 5.02 Å². The van der Waals surface area contributed by atoms with E-state index in [1.807, 2.05) is 0 Å². The smallest absolute Gasteiger partial charge is 0.335 e. The first-order chi connectivity index (χ1) is 16.1. The van der Waals surface area contributed by atoms with E-state index in [2.05, 4.69) is 0 Å². The average Bonchev–Trinajstić information content (AvgIpc) is 3.23. The molecule has 0 saturated heterocycles. The third-order valence-electron chi connectivity index (χ3n) is 5.76. The Morgan fingerprint density at radius 1 is 0.971 bits per heavy atom. The van der Waals surface area contributed by atoms with Crippen molar-refractivity contribution in [2.45, 2.75) is 24.7 Å². The topological polar surface area (TPSA) is 109 Å². The van der Waals surface area contributed by atoms with E-state index < -0.39 is 16.0 Å². The average molecular weight is 498 g/mol. The summed E-state index contributed by atoms with van der Waals surface area (Å²) in [7, 11) is -3.83. The number of fused-ring (bicyclic) bond motifs is 1. The first-order valence-corrected chi connectivity index (χ1v) is 12.2. The van der Waals surface area contributed by atoms with Crippen molar-refractivity contribution in [2.75, 3.05) is 10.8 Å². The van der Waals surface area contributed by atoms with E-state index in [1.54, 1.807) is 18.2 Å². The molecule has 7 nitrogen and oxygen atoms in total. The maximum absolute atomic E-state index is 13.2. The zero-order valence-electron chi connectivity index (χ0n) is 18.1. The first kappa shape index (κ1) is 23.7. The molecule has 0 saturated carbocycles. The molecule has 4 rings (SSSR count). The molecule has 3 aromatic carbocycles. The van der Waals surface area contributed by atoms with Crippen LogP contribution >= 0.6 is 11.6 Å². The van der Waals surface area contributed by atoms with Gasteiger partial charge in [-0.15, -0.1) is 0 Å². The Balaban J connectivity index is 1.56. The highest BCUT2D eigenvalue weighted by Crippen LogP contribution is 2.34. The normalized spacial score (nSPS) is 12.9. The fraction of sp³-hybridized carbons (Fsp3) is 0.160. The highest BCUT2D eigenvalue weighted by molar-refractivity contribution is 7.92. The Hall–Kier alpha value is -3.49. The number of carbonyl (C=O) groups is 3. The summed E-state index contributed by atoms with van der Waals surface area (Å²) in [6.45, 7) is 1.63. The Kier molecular flexibility index (Phi) is 6.29. The van der Waals surface area contributed by atoms with Crippen LogP contribution < -0.4 is 4.31 Å². The van der Waals surface area contributed by atoms with Crippen LogP contribution in [-0.2, 0) is 22.9 Å². The van der Waals surface area contributed by atoms with Gasteiger partial charge in [0.05, 0.1) is 16.1 Å². The molecule has 0 atom stereocenters. The number of Topliss-reactive ketones (excluding diaryl/α,β-unsaturated/α-hetero) is 2. The van der Waals surface area contributed by atoms with Gasteiger partial charge in [0.2, 0.25) is 0 Å². The molecule has 9 heteroatoms. The van der Waals surface area contributed by atoms with E-state index in [-0.39, 0.29) is 45.1 Å². The molecule has 1 heterocycles. The van der Waals surface area contributed by atoms with Gasteiger partial charge < -0.3 is 5.11 Å². The van der Waals surface area contributed by atoms with Gasteiger partial charge in [-0.2, -0.15) is 0 Å². The monoisotopic (exact) mass is 497 g/mol. The Labute approximate surface area is 201 Å². The number of rotatable bonds is 7. The van der Waals surface area contributed by atoms with Crippen LogP contribution in [0.4, 0.5) is 5.69 Å². The molecule has 0 fully saturated rings. The molecule has 0 amide bonds. The molecule has 1 aliphatic heterocycles. The number of anilines is 1. The van der Waals surface area contributed by atoms with Gasteiger partial charge in [0.1, 0.15) is 0 Å². The predicted octanol–water partition coefficient (Wildman–Crippen LogP) is 4.42. The molecular weight excluding hydrogens is 478 g/mol. The highest BCUT2D eigenvalue weighted by Gasteiger charge is 2.31. The largest absolute Gasteiger partial charge is 0.478 e. The number of carboxylic acids is 1. The summed E-state index contributed by atoms with van der Waals surface area (Å²) in [5.74, 6) is -1.89. The van der Waals surface area contributed by atoms with Crippen LogP contribution in [0.25, 0.3) is 0 Å². The number of carboxylic acid groups (broad SMARTS) is 1. The summed E-state index contributed by atoms with van der Waals surface area (Å²) in [6.07, 6.45) is 0.353. The number of carbonyl (C=O) groups excluding carboxylic acids is 2. The molecule has 0 aromatic heterocycles. The van der Waals surface area contributed by atoms with E-state index >= 15 is 0 Å². The van der Waals surface area contributed by atoms with E-state index in [0.717, 1.165) is 5.56 Å². The second-order valence-corrected chi connectivity index (χ2v) is 10.3. The van der Waals surface area contributed by atoms with Gasteiger partial charge in [-0.1, -0.05) is 35.9 Å².